The molecule has 1 amide bonds. The summed E-state index contributed by atoms with van der Waals surface area (Å²) in [7, 11) is 3.54. The second kappa shape index (κ2) is 9.43. The molecule has 2 aliphatic rings. The van der Waals surface area contributed by atoms with Gasteiger partial charge in [-0.05, 0) is 45.1 Å². The third-order valence-corrected chi connectivity index (χ3v) is 5.78. The summed E-state index contributed by atoms with van der Waals surface area (Å²) >= 11 is 0. The summed E-state index contributed by atoms with van der Waals surface area (Å²) in [6.07, 6.45) is 11.4. The van der Waals surface area contributed by atoms with Gasteiger partial charge in [0, 0.05) is 44.8 Å². The van der Waals surface area contributed by atoms with Gasteiger partial charge in [0.15, 0.2) is 5.96 Å². The molecule has 0 radical (unpaired) electrons. The van der Waals surface area contributed by atoms with E-state index in [1.54, 1.807) is 19.0 Å². The molecule has 3 rings (SSSR count). The number of hydrogen-bond donors (Lipinski definition) is 2. The molecule has 1 aromatic heterocycles. The van der Waals surface area contributed by atoms with Crippen molar-refractivity contribution in [1.82, 2.24) is 25.3 Å². The number of amides is 1. The summed E-state index contributed by atoms with van der Waals surface area (Å²) in [5.74, 6) is 0.796. The van der Waals surface area contributed by atoms with Crippen molar-refractivity contribution in [3.05, 3.63) is 17.5 Å². The van der Waals surface area contributed by atoms with Gasteiger partial charge in [-0.15, -0.1) is 0 Å². The van der Waals surface area contributed by atoms with Crippen LogP contribution in [-0.2, 0) is 17.6 Å². The maximum absolute atomic E-state index is 12.0. The van der Waals surface area contributed by atoms with Crippen LogP contribution in [-0.4, -0.2) is 59.3 Å². The molecule has 1 heterocycles. The lowest BCUT2D eigenvalue weighted by molar-refractivity contribution is -0.127. The Morgan fingerprint density at radius 2 is 1.93 bits per heavy atom. The molecule has 2 aliphatic carbocycles. The fourth-order valence-electron chi connectivity index (χ4n) is 3.96. The predicted molar refractivity (Wildman–Crippen MR) is 113 cm³/mol. The van der Waals surface area contributed by atoms with Crippen molar-refractivity contribution >= 4 is 11.9 Å². The Balaban J connectivity index is 1.65. The molecule has 0 bridgehead atoms. The first-order valence-corrected chi connectivity index (χ1v) is 10.8. The van der Waals surface area contributed by atoms with Crippen LogP contribution < -0.4 is 10.6 Å². The van der Waals surface area contributed by atoms with Crippen LogP contribution in [0.15, 0.2) is 11.2 Å². The predicted octanol–water partition coefficient (Wildman–Crippen LogP) is 2.28. The van der Waals surface area contributed by atoms with Gasteiger partial charge < -0.3 is 15.5 Å². The van der Waals surface area contributed by atoms with Crippen LogP contribution in [0, 0.1) is 0 Å². The van der Waals surface area contributed by atoms with Crippen LogP contribution in [0.25, 0.3) is 0 Å². The number of rotatable bonds is 5. The average molecular weight is 389 g/mol. The van der Waals surface area contributed by atoms with Crippen LogP contribution in [0.2, 0.25) is 0 Å². The van der Waals surface area contributed by atoms with Gasteiger partial charge >= 0.3 is 0 Å². The molecular weight excluding hydrogens is 352 g/mol. The number of aromatic nitrogens is 2. The fraction of sp³-hybridized carbons (Fsp3) is 0.762. The number of nitrogens with one attached hydrogen (secondary N) is 2. The monoisotopic (exact) mass is 388 g/mol. The van der Waals surface area contributed by atoms with Crippen molar-refractivity contribution < 1.29 is 4.79 Å². The highest BCUT2D eigenvalue weighted by Crippen LogP contribution is 2.22. The third-order valence-electron chi connectivity index (χ3n) is 5.78. The zero-order valence-electron chi connectivity index (χ0n) is 17.9. The Bertz CT molecular complexity index is 687. The standard InChI is InChI=1S/C21H36N6O/c1-15(2)27-14-16-10-11-18(12-19(16)25-27)24-21(22-13-20(28)26(3)4)23-17-8-6-5-7-9-17/h14-15,17-18H,5-13H2,1-4H3,(H2,22,23,24). The lowest BCUT2D eigenvalue weighted by Crippen LogP contribution is -2.49. The maximum Gasteiger partial charge on any atom is 0.243 e. The molecule has 7 heteroatoms. The molecule has 1 fully saturated rings. The Labute approximate surface area is 169 Å². The minimum Gasteiger partial charge on any atom is -0.354 e. The van der Waals surface area contributed by atoms with Crippen LogP contribution in [0.3, 0.4) is 0 Å². The number of aryl methyl sites for hydroxylation is 1. The van der Waals surface area contributed by atoms with E-state index in [0.717, 1.165) is 25.2 Å². The number of carbonyl (C=O) groups is 1. The van der Waals surface area contributed by atoms with Gasteiger partial charge in [-0.1, -0.05) is 19.3 Å². The molecule has 0 saturated heterocycles. The zero-order chi connectivity index (χ0) is 20.1. The Kier molecular flexibility index (Phi) is 6.97. The highest BCUT2D eigenvalue weighted by atomic mass is 16.2. The Morgan fingerprint density at radius 1 is 1.21 bits per heavy atom. The van der Waals surface area contributed by atoms with Crippen LogP contribution in [0.1, 0.15) is 69.7 Å². The number of fused-ring (bicyclic) bond motifs is 1. The first-order chi connectivity index (χ1) is 13.4. The number of aliphatic imine (C=N–C) groups is 1. The van der Waals surface area contributed by atoms with Crippen LogP contribution in [0.5, 0.6) is 0 Å². The summed E-state index contributed by atoms with van der Waals surface area (Å²) < 4.78 is 2.07. The minimum atomic E-state index is 0.0198. The highest BCUT2D eigenvalue weighted by molar-refractivity contribution is 5.85. The molecule has 28 heavy (non-hydrogen) atoms. The normalized spacial score (nSPS) is 20.8. The van der Waals surface area contributed by atoms with E-state index in [9.17, 15) is 4.79 Å². The van der Waals surface area contributed by atoms with Gasteiger partial charge in [0.2, 0.25) is 5.91 Å². The number of guanidine groups is 1. The summed E-state index contributed by atoms with van der Waals surface area (Å²) in [6, 6.07) is 1.14. The van der Waals surface area contributed by atoms with Gasteiger partial charge in [0.1, 0.15) is 6.54 Å². The largest absolute Gasteiger partial charge is 0.354 e. The van der Waals surface area contributed by atoms with Crippen molar-refractivity contribution in [2.75, 3.05) is 20.6 Å². The van der Waals surface area contributed by atoms with Crippen LogP contribution >= 0.6 is 0 Å². The molecule has 2 N–H and O–H groups in total. The molecule has 0 aromatic carbocycles. The molecule has 1 aromatic rings. The van der Waals surface area contributed by atoms with Gasteiger partial charge in [0.25, 0.3) is 0 Å². The number of nitrogens with zero attached hydrogens (tertiary/aromatic N) is 4. The van der Waals surface area contributed by atoms with E-state index in [2.05, 4.69) is 40.4 Å². The second-order valence-electron chi connectivity index (χ2n) is 8.69. The first-order valence-electron chi connectivity index (χ1n) is 10.8. The summed E-state index contributed by atoms with van der Waals surface area (Å²) in [6.45, 7) is 4.50. The highest BCUT2D eigenvalue weighted by Gasteiger charge is 2.24. The minimum absolute atomic E-state index is 0.0198. The Morgan fingerprint density at radius 3 is 2.61 bits per heavy atom. The van der Waals surface area contributed by atoms with E-state index in [1.807, 2.05) is 0 Å². The SMILES string of the molecule is CC(C)n1cc2c(n1)CC(NC(=NCC(=O)N(C)C)NC1CCCCC1)CC2. The molecule has 0 spiro atoms. The van der Waals surface area contributed by atoms with Crippen LogP contribution in [0.4, 0.5) is 0 Å². The lowest BCUT2D eigenvalue weighted by Gasteiger charge is -2.29. The van der Waals surface area contributed by atoms with Crippen molar-refractivity contribution in [3.63, 3.8) is 0 Å². The van der Waals surface area contributed by atoms with Crippen molar-refractivity contribution in [2.45, 2.75) is 83.3 Å². The smallest absolute Gasteiger partial charge is 0.243 e. The van der Waals surface area contributed by atoms with E-state index in [1.165, 1.54) is 43.4 Å². The summed E-state index contributed by atoms with van der Waals surface area (Å²) in [5.41, 5.74) is 2.56. The zero-order valence-corrected chi connectivity index (χ0v) is 17.9. The molecular formula is C21H36N6O. The number of hydrogen-bond acceptors (Lipinski definition) is 3. The number of likely N-dealkylation sites (N-methyl/N-ethyl adjacent to an activating group) is 1. The van der Waals surface area contributed by atoms with Crippen molar-refractivity contribution in [1.29, 1.82) is 0 Å². The summed E-state index contributed by atoms with van der Waals surface area (Å²) in [5, 5.41) is 12.0. The molecule has 1 unspecified atom stereocenters. The van der Waals surface area contributed by atoms with Gasteiger partial charge in [-0.3, -0.25) is 9.48 Å². The quantitative estimate of drug-likeness (QED) is 0.599. The van der Waals surface area contributed by atoms with Gasteiger partial charge in [-0.2, -0.15) is 5.10 Å². The topological polar surface area (TPSA) is 74.5 Å². The summed E-state index contributed by atoms with van der Waals surface area (Å²) in [4.78, 5) is 18.2. The third kappa shape index (κ3) is 5.49. The average Bonchev–Trinajstić information content (AvgIpc) is 3.10. The Hall–Kier alpha value is -2.05. The lowest BCUT2D eigenvalue weighted by atomic mass is 9.93. The van der Waals surface area contributed by atoms with Gasteiger partial charge in [-0.25, -0.2) is 4.99 Å². The van der Waals surface area contributed by atoms with E-state index in [0.29, 0.717) is 18.1 Å². The first kappa shape index (κ1) is 20.7. The van der Waals surface area contributed by atoms with E-state index in [4.69, 9.17) is 5.10 Å². The van der Waals surface area contributed by atoms with E-state index < -0.39 is 0 Å². The van der Waals surface area contributed by atoms with Crippen molar-refractivity contribution in [2.24, 2.45) is 4.99 Å². The molecule has 0 aliphatic heterocycles. The van der Waals surface area contributed by atoms with Crippen molar-refractivity contribution in [3.8, 4) is 0 Å². The second-order valence-corrected chi connectivity index (χ2v) is 8.69. The molecule has 1 saturated carbocycles. The number of carbonyl (C=O) groups excluding carboxylic acids is 1. The molecule has 1 atom stereocenters. The van der Waals surface area contributed by atoms with Gasteiger partial charge in [0.05, 0.1) is 5.69 Å². The van der Waals surface area contributed by atoms with E-state index in [-0.39, 0.29) is 12.5 Å². The molecule has 7 nitrogen and oxygen atoms in total. The van der Waals surface area contributed by atoms with E-state index >= 15 is 0 Å². The maximum atomic E-state index is 12.0. The molecule has 156 valence electrons. The fourth-order valence-corrected chi connectivity index (χ4v) is 3.96.